The van der Waals surface area contributed by atoms with Crippen molar-refractivity contribution < 1.29 is 13.9 Å². The van der Waals surface area contributed by atoms with Crippen LogP contribution in [0.4, 0.5) is 10.1 Å². The third-order valence-electron chi connectivity index (χ3n) is 5.95. The van der Waals surface area contributed by atoms with Gasteiger partial charge in [-0.2, -0.15) is 0 Å². The fourth-order valence-electron chi connectivity index (χ4n) is 4.17. The number of para-hydroxylation sites is 1. The molecule has 1 saturated heterocycles. The van der Waals surface area contributed by atoms with Crippen LogP contribution in [0.5, 0.6) is 0 Å². The van der Waals surface area contributed by atoms with Crippen LogP contribution in [0.1, 0.15) is 12.7 Å². The second-order valence-corrected chi connectivity index (χ2v) is 8.01. The number of piperazine rings is 1. The standard InChI is InChI=1S/C22H27FN6O4/c1-4-33-18(30)14-29-17(24-20-19(29)21(31)26(3)22(32)25(20)2)13-27-9-11-28(12-10-27)16-8-6-5-7-15(16)23/h5-8H,4,9-14H2,1-3H3. The van der Waals surface area contributed by atoms with Crippen molar-refractivity contribution in [1.82, 2.24) is 23.6 Å². The zero-order chi connectivity index (χ0) is 23.7. The van der Waals surface area contributed by atoms with Gasteiger partial charge in [-0.05, 0) is 19.1 Å². The second-order valence-electron chi connectivity index (χ2n) is 8.01. The van der Waals surface area contributed by atoms with Crippen LogP contribution in [-0.4, -0.2) is 62.3 Å². The predicted molar refractivity (Wildman–Crippen MR) is 121 cm³/mol. The topological polar surface area (TPSA) is 94.6 Å². The molecule has 0 spiro atoms. The number of halogens is 1. The van der Waals surface area contributed by atoms with Crippen LogP contribution in [0.2, 0.25) is 0 Å². The molecule has 1 fully saturated rings. The van der Waals surface area contributed by atoms with E-state index in [1.54, 1.807) is 30.7 Å². The van der Waals surface area contributed by atoms with Crippen LogP contribution >= 0.6 is 0 Å². The smallest absolute Gasteiger partial charge is 0.332 e. The first kappa shape index (κ1) is 22.7. The number of hydrogen-bond acceptors (Lipinski definition) is 7. The summed E-state index contributed by atoms with van der Waals surface area (Å²) in [6, 6.07) is 6.69. The molecule has 0 radical (unpaired) electrons. The highest BCUT2D eigenvalue weighted by Gasteiger charge is 2.25. The number of carbonyl (C=O) groups is 1. The number of hydrogen-bond donors (Lipinski definition) is 0. The van der Waals surface area contributed by atoms with Gasteiger partial charge in [0.2, 0.25) is 0 Å². The molecule has 3 aromatic rings. The molecular formula is C22H27FN6O4. The fraction of sp³-hybridized carbons (Fsp3) is 0.455. The van der Waals surface area contributed by atoms with Crippen LogP contribution in [0.3, 0.4) is 0 Å². The van der Waals surface area contributed by atoms with Gasteiger partial charge in [0.15, 0.2) is 11.2 Å². The lowest BCUT2D eigenvalue weighted by molar-refractivity contribution is -0.143. The molecule has 3 heterocycles. The second kappa shape index (κ2) is 9.18. The Morgan fingerprint density at radius 1 is 1.09 bits per heavy atom. The van der Waals surface area contributed by atoms with E-state index in [1.165, 1.54) is 17.7 Å². The van der Waals surface area contributed by atoms with Crippen molar-refractivity contribution in [1.29, 1.82) is 0 Å². The number of anilines is 1. The molecule has 0 atom stereocenters. The Balaban J connectivity index is 1.63. The molecule has 1 aliphatic rings. The zero-order valence-corrected chi connectivity index (χ0v) is 19.0. The molecule has 0 bridgehead atoms. The minimum atomic E-state index is -0.513. The number of esters is 1. The number of fused-ring (bicyclic) bond motifs is 1. The Labute approximate surface area is 189 Å². The largest absolute Gasteiger partial charge is 0.465 e. The fourth-order valence-corrected chi connectivity index (χ4v) is 4.17. The quantitative estimate of drug-likeness (QED) is 0.496. The lowest BCUT2D eigenvalue weighted by atomic mass is 10.2. The van der Waals surface area contributed by atoms with Crippen LogP contribution in [0.15, 0.2) is 33.9 Å². The van der Waals surface area contributed by atoms with Gasteiger partial charge >= 0.3 is 11.7 Å². The van der Waals surface area contributed by atoms with Gasteiger partial charge in [0, 0.05) is 40.3 Å². The van der Waals surface area contributed by atoms with Crippen molar-refractivity contribution in [2.75, 3.05) is 37.7 Å². The molecule has 4 rings (SSSR count). The average Bonchev–Trinajstić information content (AvgIpc) is 3.15. The van der Waals surface area contributed by atoms with Gasteiger partial charge in [0.1, 0.15) is 18.2 Å². The molecule has 11 heteroatoms. The lowest BCUT2D eigenvalue weighted by Crippen LogP contribution is -2.46. The van der Waals surface area contributed by atoms with Gasteiger partial charge in [-0.1, -0.05) is 12.1 Å². The molecule has 0 saturated carbocycles. The maximum Gasteiger partial charge on any atom is 0.332 e. The third-order valence-corrected chi connectivity index (χ3v) is 5.95. The van der Waals surface area contributed by atoms with E-state index in [4.69, 9.17) is 4.74 Å². The van der Waals surface area contributed by atoms with Crippen LogP contribution in [-0.2, 0) is 36.7 Å². The van der Waals surface area contributed by atoms with Gasteiger partial charge in [-0.25, -0.2) is 14.2 Å². The van der Waals surface area contributed by atoms with Crippen molar-refractivity contribution >= 4 is 22.8 Å². The highest BCUT2D eigenvalue weighted by molar-refractivity contribution is 5.76. The van der Waals surface area contributed by atoms with Gasteiger partial charge in [0.05, 0.1) is 18.8 Å². The number of rotatable bonds is 6. The molecule has 10 nitrogen and oxygen atoms in total. The van der Waals surface area contributed by atoms with Crippen molar-refractivity contribution in [2.45, 2.75) is 20.0 Å². The molecular weight excluding hydrogens is 431 g/mol. The van der Waals surface area contributed by atoms with Gasteiger partial charge in [-0.15, -0.1) is 0 Å². The lowest BCUT2D eigenvalue weighted by Gasteiger charge is -2.36. The minimum Gasteiger partial charge on any atom is -0.465 e. The Hall–Kier alpha value is -3.47. The summed E-state index contributed by atoms with van der Waals surface area (Å²) < 4.78 is 23.1. The number of aryl methyl sites for hydroxylation is 1. The number of ether oxygens (including phenoxy) is 1. The van der Waals surface area contributed by atoms with Crippen molar-refractivity contribution in [2.24, 2.45) is 14.1 Å². The van der Waals surface area contributed by atoms with E-state index >= 15 is 0 Å². The van der Waals surface area contributed by atoms with E-state index < -0.39 is 17.2 Å². The average molecular weight is 458 g/mol. The molecule has 1 aliphatic heterocycles. The predicted octanol–water partition coefficient (Wildman–Crippen LogP) is 0.458. The summed E-state index contributed by atoms with van der Waals surface area (Å²) >= 11 is 0. The first-order valence-corrected chi connectivity index (χ1v) is 10.8. The van der Waals surface area contributed by atoms with E-state index in [0.29, 0.717) is 44.2 Å². The van der Waals surface area contributed by atoms with Crippen molar-refractivity contribution in [3.8, 4) is 0 Å². The van der Waals surface area contributed by atoms with Crippen molar-refractivity contribution in [3.63, 3.8) is 0 Å². The van der Waals surface area contributed by atoms with Crippen LogP contribution in [0, 0.1) is 5.82 Å². The Morgan fingerprint density at radius 2 is 1.79 bits per heavy atom. The molecule has 0 N–H and O–H groups in total. The van der Waals surface area contributed by atoms with Gasteiger partial charge < -0.3 is 14.2 Å². The van der Waals surface area contributed by atoms with E-state index in [9.17, 15) is 18.8 Å². The summed E-state index contributed by atoms with van der Waals surface area (Å²) in [5.41, 5.74) is -0.0101. The summed E-state index contributed by atoms with van der Waals surface area (Å²) in [6.07, 6.45) is 0. The minimum absolute atomic E-state index is 0.178. The molecule has 176 valence electrons. The highest BCUT2D eigenvalue weighted by atomic mass is 19.1. The molecule has 33 heavy (non-hydrogen) atoms. The normalized spacial score (nSPS) is 14.7. The summed E-state index contributed by atoms with van der Waals surface area (Å²) in [5.74, 6) is -0.243. The van der Waals surface area contributed by atoms with Crippen LogP contribution < -0.4 is 16.1 Å². The molecule has 2 aromatic heterocycles. The first-order valence-electron chi connectivity index (χ1n) is 10.8. The van der Waals surface area contributed by atoms with E-state index in [1.807, 2.05) is 11.0 Å². The number of benzene rings is 1. The number of nitrogens with zero attached hydrogens (tertiary/aromatic N) is 6. The monoisotopic (exact) mass is 458 g/mol. The van der Waals surface area contributed by atoms with E-state index in [-0.39, 0.29) is 30.1 Å². The molecule has 0 amide bonds. The van der Waals surface area contributed by atoms with Gasteiger partial charge in [-0.3, -0.25) is 23.6 Å². The van der Waals surface area contributed by atoms with E-state index in [0.717, 1.165) is 4.57 Å². The first-order chi connectivity index (χ1) is 15.8. The van der Waals surface area contributed by atoms with Crippen LogP contribution in [0.25, 0.3) is 11.2 Å². The van der Waals surface area contributed by atoms with Crippen molar-refractivity contribution in [3.05, 3.63) is 56.7 Å². The SMILES string of the molecule is CCOC(=O)Cn1c(CN2CCN(c3ccccc3F)CC2)nc2c1c(=O)n(C)c(=O)n2C. The highest BCUT2D eigenvalue weighted by Crippen LogP contribution is 2.21. The van der Waals surface area contributed by atoms with E-state index in [2.05, 4.69) is 9.88 Å². The summed E-state index contributed by atoms with van der Waals surface area (Å²) in [6.45, 7) is 4.66. The Kier molecular flexibility index (Phi) is 6.32. The summed E-state index contributed by atoms with van der Waals surface area (Å²) in [4.78, 5) is 46.2. The Morgan fingerprint density at radius 3 is 2.45 bits per heavy atom. The van der Waals surface area contributed by atoms with Gasteiger partial charge in [0.25, 0.3) is 5.56 Å². The maximum absolute atomic E-state index is 14.1. The maximum atomic E-state index is 14.1. The number of aromatic nitrogens is 4. The third kappa shape index (κ3) is 4.28. The molecule has 0 aliphatic carbocycles. The zero-order valence-electron chi connectivity index (χ0n) is 19.0. The molecule has 0 unspecified atom stereocenters. The number of carbonyl (C=O) groups excluding carboxylic acids is 1. The summed E-state index contributed by atoms with van der Waals surface area (Å²) in [5, 5.41) is 0. The number of imidazole rings is 1. The summed E-state index contributed by atoms with van der Waals surface area (Å²) in [7, 11) is 2.94. The molecule has 1 aromatic carbocycles. The Bertz CT molecular complexity index is 1300.